The molecule has 0 fully saturated rings. The molecule has 0 radical (unpaired) electrons. The van der Waals surface area contributed by atoms with Crippen LogP contribution in [0.2, 0.25) is 0 Å². The summed E-state index contributed by atoms with van der Waals surface area (Å²) < 4.78 is 0. The molecule has 0 aromatic carbocycles. The fourth-order valence-corrected chi connectivity index (χ4v) is 3.22. The number of hydrogen-bond acceptors (Lipinski definition) is 4. The van der Waals surface area contributed by atoms with Gasteiger partial charge in [0, 0.05) is 6.54 Å². The molecule has 0 aromatic heterocycles. The Labute approximate surface area is 156 Å². The van der Waals surface area contributed by atoms with Crippen LogP contribution in [0.1, 0.15) is 110 Å². The maximum atomic E-state index is 11.2. The second kappa shape index (κ2) is 19.7. The Kier molecular flexibility index (Phi) is 19.2. The number of carbonyl (C=O) groups is 1. The van der Waals surface area contributed by atoms with Crippen molar-refractivity contribution >= 4 is 5.97 Å². The highest BCUT2D eigenvalue weighted by Crippen LogP contribution is 2.10. The zero-order chi connectivity index (χ0) is 18.6. The third-order valence-corrected chi connectivity index (χ3v) is 4.89. The maximum absolute atomic E-state index is 11.2. The Balaban J connectivity index is 3.80. The second-order valence-corrected chi connectivity index (χ2v) is 7.30. The average molecular weight is 358 g/mol. The maximum Gasteiger partial charge on any atom is 0.343 e. The lowest BCUT2D eigenvalue weighted by atomic mass is 10.1. The van der Waals surface area contributed by atoms with Crippen LogP contribution in [0.5, 0.6) is 0 Å². The second-order valence-electron chi connectivity index (χ2n) is 7.30. The third-order valence-electron chi connectivity index (χ3n) is 4.89. The summed E-state index contributed by atoms with van der Waals surface area (Å²) in [6.07, 6.45) is 18.6. The summed E-state index contributed by atoms with van der Waals surface area (Å²) >= 11 is 0. The van der Waals surface area contributed by atoms with Crippen LogP contribution in [0.15, 0.2) is 0 Å². The summed E-state index contributed by atoms with van der Waals surface area (Å²) in [6.45, 7) is 7.31. The number of carbonyl (C=O) groups excluding carboxylic acids is 1. The largest absolute Gasteiger partial charge is 0.343 e. The molecule has 4 heteroatoms. The average Bonchev–Trinajstić information content (AvgIpc) is 2.63. The SMILES string of the molecule is CCCCCCCCCN(CCCCCCCCC)CCC(=O)OO. The zero-order valence-electron chi connectivity index (χ0n) is 16.9. The lowest BCUT2D eigenvalue weighted by molar-refractivity contribution is -0.234. The molecule has 0 unspecified atom stereocenters. The van der Waals surface area contributed by atoms with Crippen molar-refractivity contribution < 1.29 is 14.9 Å². The van der Waals surface area contributed by atoms with Gasteiger partial charge in [0.15, 0.2) is 0 Å². The van der Waals surface area contributed by atoms with E-state index in [4.69, 9.17) is 5.26 Å². The van der Waals surface area contributed by atoms with Crippen LogP contribution in [0, 0.1) is 0 Å². The third kappa shape index (κ3) is 18.0. The topological polar surface area (TPSA) is 49.8 Å². The van der Waals surface area contributed by atoms with E-state index in [1.807, 2.05) is 0 Å². The summed E-state index contributed by atoms with van der Waals surface area (Å²) in [5.41, 5.74) is 0. The molecule has 0 aromatic rings. The minimum absolute atomic E-state index is 0.281. The van der Waals surface area contributed by atoms with E-state index in [9.17, 15) is 4.79 Å². The van der Waals surface area contributed by atoms with E-state index in [-0.39, 0.29) is 6.42 Å². The first-order valence-electron chi connectivity index (χ1n) is 10.8. The van der Waals surface area contributed by atoms with Gasteiger partial charge in [0.1, 0.15) is 0 Å². The van der Waals surface area contributed by atoms with Gasteiger partial charge in [-0.1, -0.05) is 90.9 Å². The van der Waals surface area contributed by atoms with Gasteiger partial charge >= 0.3 is 5.97 Å². The highest BCUT2D eigenvalue weighted by molar-refractivity contribution is 5.68. The molecule has 0 heterocycles. The molecular formula is C21H43NO3. The highest BCUT2D eigenvalue weighted by atomic mass is 17.1. The minimum Gasteiger partial charge on any atom is -0.303 e. The molecule has 25 heavy (non-hydrogen) atoms. The molecule has 0 aliphatic carbocycles. The normalized spacial score (nSPS) is 11.2. The summed E-state index contributed by atoms with van der Waals surface area (Å²) in [6, 6.07) is 0. The Morgan fingerprint density at radius 1 is 0.680 bits per heavy atom. The van der Waals surface area contributed by atoms with Crippen molar-refractivity contribution in [1.82, 2.24) is 4.90 Å². The number of unbranched alkanes of at least 4 members (excludes halogenated alkanes) is 12. The van der Waals surface area contributed by atoms with Crippen molar-refractivity contribution in [2.24, 2.45) is 0 Å². The van der Waals surface area contributed by atoms with E-state index in [0.29, 0.717) is 6.54 Å². The molecule has 0 atom stereocenters. The zero-order valence-corrected chi connectivity index (χ0v) is 16.9. The molecule has 1 N–H and O–H groups in total. The molecule has 0 aliphatic rings. The summed E-state index contributed by atoms with van der Waals surface area (Å²) in [5.74, 6) is -0.524. The Hall–Kier alpha value is -0.610. The molecule has 0 saturated carbocycles. The highest BCUT2D eigenvalue weighted by Gasteiger charge is 2.09. The van der Waals surface area contributed by atoms with Gasteiger partial charge in [-0.05, 0) is 25.9 Å². The van der Waals surface area contributed by atoms with E-state index in [1.54, 1.807) is 0 Å². The molecule has 0 spiro atoms. The summed E-state index contributed by atoms with van der Waals surface area (Å²) in [4.78, 5) is 17.3. The molecule has 0 saturated heterocycles. The van der Waals surface area contributed by atoms with Gasteiger partial charge in [-0.3, -0.25) is 0 Å². The Bertz CT molecular complexity index is 266. The van der Waals surface area contributed by atoms with Crippen molar-refractivity contribution in [3.8, 4) is 0 Å². The van der Waals surface area contributed by atoms with E-state index in [0.717, 1.165) is 13.1 Å². The molecule has 4 nitrogen and oxygen atoms in total. The van der Waals surface area contributed by atoms with Crippen LogP contribution in [0.3, 0.4) is 0 Å². The van der Waals surface area contributed by atoms with E-state index in [2.05, 4.69) is 23.6 Å². The summed E-state index contributed by atoms with van der Waals surface area (Å²) in [7, 11) is 0. The predicted molar refractivity (Wildman–Crippen MR) is 106 cm³/mol. The monoisotopic (exact) mass is 357 g/mol. The Morgan fingerprint density at radius 3 is 1.48 bits per heavy atom. The van der Waals surface area contributed by atoms with Gasteiger partial charge in [-0.2, -0.15) is 5.26 Å². The van der Waals surface area contributed by atoms with E-state index < -0.39 is 5.97 Å². The van der Waals surface area contributed by atoms with Crippen molar-refractivity contribution in [1.29, 1.82) is 0 Å². The van der Waals surface area contributed by atoms with Crippen LogP contribution >= 0.6 is 0 Å². The minimum atomic E-state index is -0.524. The standard InChI is InChI=1S/C21H43NO3/c1-3-5-7-9-11-13-15-18-22(20-17-21(23)25-24)19-16-14-12-10-8-6-4-2/h24H,3-20H2,1-2H3. The van der Waals surface area contributed by atoms with Crippen LogP contribution in [-0.2, 0) is 9.68 Å². The van der Waals surface area contributed by atoms with Gasteiger partial charge in [-0.25, -0.2) is 4.79 Å². The number of nitrogens with zero attached hydrogens (tertiary/aromatic N) is 1. The fourth-order valence-electron chi connectivity index (χ4n) is 3.22. The molecule has 0 amide bonds. The predicted octanol–water partition coefficient (Wildman–Crippen LogP) is 6.20. The summed E-state index contributed by atoms with van der Waals surface area (Å²) in [5, 5.41) is 8.41. The van der Waals surface area contributed by atoms with Gasteiger partial charge in [0.25, 0.3) is 0 Å². The first-order valence-corrected chi connectivity index (χ1v) is 10.8. The molecule has 0 bridgehead atoms. The molecule has 0 rings (SSSR count). The van der Waals surface area contributed by atoms with Crippen molar-refractivity contribution in [2.75, 3.05) is 19.6 Å². The van der Waals surface area contributed by atoms with Crippen molar-refractivity contribution in [2.45, 2.75) is 110 Å². The fraction of sp³-hybridized carbons (Fsp3) is 0.952. The van der Waals surface area contributed by atoms with E-state index >= 15 is 0 Å². The first-order chi connectivity index (χ1) is 12.2. The molecular weight excluding hydrogens is 314 g/mol. The first kappa shape index (κ1) is 24.4. The van der Waals surface area contributed by atoms with Gasteiger partial charge in [-0.15, -0.1) is 0 Å². The van der Waals surface area contributed by atoms with Crippen molar-refractivity contribution in [3.63, 3.8) is 0 Å². The van der Waals surface area contributed by atoms with Crippen LogP contribution < -0.4 is 0 Å². The van der Waals surface area contributed by atoms with E-state index in [1.165, 1.54) is 89.9 Å². The van der Waals surface area contributed by atoms with Gasteiger partial charge in [0.05, 0.1) is 6.42 Å². The van der Waals surface area contributed by atoms with Crippen molar-refractivity contribution in [3.05, 3.63) is 0 Å². The quantitative estimate of drug-likeness (QED) is 0.170. The van der Waals surface area contributed by atoms with Crippen LogP contribution in [0.25, 0.3) is 0 Å². The lowest BCUT2D eigenvalue weighted by Gasteiger charge is -2.21. The van der Waals surface area contributed by atoms with Gasteiger partial charge in [0.2, 0.25) is 0 Å². The smallest absolute Gasteiger partial charge is 0.303 e. The van der Waals surface area contributed by atoms with Crippen LogP contribution in [-0.4, -0.2) is 35.8 Å². The number of rotatable bonds is 19. The molecule has 150 valence electrons. The van der Waals surface area contributed by atoms with Gasteiger partial charge < -0.3 is 9.79 Å². The number of hydrogen-bond donors (Lipinski definition) is 1. The molecule has 0 aliphatic heterocycles. The van der Waals surface area contributed by atoms with Crippen LogP contribution in [0.4, 0.5) is 0 Å². The lowest BCUT2D eigenvalue weighted by Crippen LogP contribution is -2.29. The Morgan fingerprint density at radius 2 is 1.08 bits per heavy atom.